The fourth-order valence-corrected chi connectivity index (χ4v) is 2.93. The largest absolute Gasteiger partial charge is 0.380 e. The predicted octanol–water partition coefficient (Wildman–Crippen LogP) is 3.04. The van der Waals surface area contributed by atoms with Gasteiger partial charge in [0.25, 0.3) is 0 Å². The van der Waals surface area contributed by atoms with Crippen LogP contribution in [0.3, 0.4) is 0 Å². The summed E-state index contributed by atoms with van der Waals surface area (Å²) in [6.45, 7) is 2.07. The number of hydrogen-bond acceptors (Lipinski definition) is 4. The molecule has 21 heavy (non-hydrogen) atoms. The first-order valence-corrected chi connectivity index (χ1v) is 7.78. The minimum atomic E-state index is 0.492. The van der Waals surface area contributed by atoms with Gasteiger partial charge in [-0.2, -0.15) is 0 Å². The highest BCUT2D eigenvalue weighted by atomic mass is 15.2. The molecule has 1 unspecified atom stereocenters. The van der Waals surface area contributed by atoms with E-state index in [9.17, 15) is 0 Å². The van der Waals surface area contributed by atoms with E-state index in [1.807, 2.05) is 18.3 Å². The van der Waals surface area contributed by atoms with Gasteiger partial charge < -0.3 is 10.2 Å². The maximum absolute atomic E-state index is 4.75. The van der Waals surface area contributed by atoms with Crippen molar-refractivity contribution in [2.24, 2.45) is 0 Å². The average molecular weight is 280 g/mol. The molecule has 2 aromatic rings. The van der Waals surface area contributed by atoms with Crippen molar-refractivity contribution in [2.75, 3.05) is 23.3 Å². The van der Waals surface area contributed by atoms with E-state index in [2.05, 4.69) is 39.5 Å². The van der Waals surface area contributed by atoms with E-state index in [0.29, 0.717) is 12.0 Å². The fourth-order valence-electron chi connectivity index (χ4n) is 2.93. The average Bonchev–Trinajstić information content (AvgIpc) is 3.29. The zero-order valence-corrected chi connectivity index (χ0v) is 12.1. The van der Waals surface area contributed by atoms with Crippen LogP contribution >= 0.6 is 0 Å². The first kappa shape index (κ1) is 12.6. The van der Waals surface area contributed by atoms with Gasteiger partial charge in [0.2, 0.25) is 0 Å². The normalized spacial score (nSPS) is 21.5. The summed E-state index contributed by atoms with van der Waals surface area (Å²) in [6.07, 6.45) is 5.56. The highest BCUT2D eigenvalue weighted by molar-refractivity contribution is 5.46. The van der Waals surface area contributed by atoms with E-state index in [-0.39, 0.29) is 0 Å². The Bertz CT molecular complexity index is 609. The lowest BCUT2D eigenvalue weighted by Crippen LogP contribution is -2.26. The molecule has 0 bridgehead atoms. The van der Waals surface area contributed by atoms with Crippen LogP contribution in [0.1, 0.15) is 31.0 Å². The molecule has 1 atom stereocenters. The van der Waals surface area contributed by atoms with Gasteiger partial charge in [-0.3, -0.25) is 0 Å². The Morgan fingerprint density at radius 2 is 1.90 bits per heavy atom. The van der Waals surface area contributed by atoms with Crippen molar-refractivity contribution in [3.63, 3.8) is 0 Å². The molecule has 0 radical (unpaired) electrons. The van der Waals surface area contributed by atoms with Crippen LogP contribution in [0.2, 0.25) is 0 Å². The molecule has 1 aliphatic carbocycles. The minimum absolute atomic E-state index is 0.492. The fraction of sp³-hybridized carbons (Fsp3) is 0.412. The molecular weight excluding hydrogens is 260 g/mol. The van der Waals surface area contributed by atoms with Crippen LogP contribution in [0.15, 0.2) is 42.6 Å². The number of nitrogens with zero attached hydrogens (tertiary/aromatic N) is 3. The Labute approximate surface area is 125 Å². The number of anilines is 2. The summed E-state index contributed by atoms with van der Waals surface area (Å²) in [5.74, 6) is 2.74. The summed E-state index contributed by atoms with van der Waals surface area (Å²) in [6, 6.07) is 13.0. The Hall–Kier alpha value is -2.10. The summed E-state index contributed by atoms with van der Waals surface area (Å²) < 4.78 is 0. The summed E-state index contributed by atoms with van der Waals surface area (Å²) in [5, 5.41) is 3.61. The van der Waals surface area contributed by atoms with Crippen molar-refractivity contribution in [1.29, 1.82) is 0 Å². The Balaban J connectivity index is 1.42. The molecule has 4 rings (SSSR count). The van der Waals surface area contributed by atoms with E-state index in [0.717, 1.165) is 31.2 Å². The summed E-state index contributed by atoms with van der Waals surface area (Å²) in [5.41, 5.74) is 1.20. The van der Waals surface area contributed by atoms with Crippen molar-refractivity contribution in [1.82, 2.24) is 9.97 Å². The smallest absolute Gasteiger partial charge is 0.133 e. The van der Waals surface area contributed by atoms with Crippen molar-refractivity contribution in [2.45, 2.75) is 31.2 Å². The van der Waals surface area contributed by atoms with Gasteiger partial charge >= 0.3 is 0 Å². The number of hydrogen-bond donors (Lipinski definition) is 1. The summed E-state index contributed by atoms with van der Waals surface area (Å²) >= 11 is 0. The molecule has 0 spiro atoms. The van der Waals surface area contributed by atoms with Gasteiger partial charge in [-0.05, 0) is 37.5 Å². The van der Waals surface area contributed by atoms with Gasteiger partial charge in [0.05, 0.1) is 0 Å². The lowest BCUT2D eigenvalue weighted by Gasteiger charge is -2.19. The topological polar surface area (TPSA) is 41.0 Å². The molecule has 1 saturated heterocycles. The molecule has 1 N–H and O–H groups in total. The number of nitrogens with one attached hydrogen (secondary N) is 1. The Morgan fingerprint density at radius 3 is 2.71 bits per heavy atom. The number of benzene rings is 1. The Kier molecular flexibility index (Phi) is 3.22. The summed E-state index contributed by atoms with van der Waals surface area (Å²) in [7, 11) is 0. The van der Waals surface area contributed by atoms with Crippen molar-refractivity contribution >= 4 is 11.5 Å². The molecule has 2 aliphatic rings. The van der Waals surface area contributed by atoms with Crippen LogP contribution in [0.5, 0.6) is 0 Å². The first-order valence-electron chi connectivity index (χ1n) is 7.78. The van der Waals surface area contributed by atoms with Gasteiger partial charge in [0, 0.05) is 36.9 Å². The minimum Gasteiger partial charge on any atom is -0.380 e. The van der Waals surface area contributed by atoms with E-state index < -0.39 is 0 Å². The van der Waals surface area contributed by atoms with E-state index in [4.69, 9.17) is 4.98 Å². The van der Waals surface area contributed by atoms with Crippen LogP contribution < -0.4 is 10.2 Å². The summed E-state index contributed by atoms with van der Waals surface area (Å²) in [4.78, 5) is 11.5. The standard InChI is InChI=1S/C17H20N4/c1-2-4-14(5-3-1)19-15-9-11-21(12-15)16-8-10-18-17(20-16)13-6-7-13/h1-5,8,10,13,15,19H,6-7,9,11-12H2. The van der Waals surface area contributed by atoms with Crippen molar-refractivity contribution in [3.05, 3.63) is 48.4 Å². The van der Waals surface area contributed by atoms with Gasteiger partial charge in [0.15, 0.2) is 0 Å². The molecule has 1 aromatic carbocycles. The zero-order valence-electron chi connectivity index (χ0n) is 12.1. The van der Waals surface area contributed by atoms with Gasteiger partial charge in [-0.25, -0.2) is 9.97 Å². The van der Waals surface area contributed by atoms with Crippen LogP contribution in [-0.4, -0.2) is 29.1 Å². The van der Waals surface area contributed by atoms with E-state index in [1.54, 1.807) is 0 Å². The van der Waals surface area contributed by atoms with Crippen LogP contribution in [0.4, 0.5) is 11.5 Å². The lowest BCUT2D eigenvalue weighted by molar-refractivity contribution is 0.804. The third-order valence-electron chi connectivity index (χ3n) is 4.26. The second-order valence-electron chi connectivity index (χ2n) is 5.99. The van der Waals surface area contributed by atoms with Gasteiger partial charge in [-0.1, -0.05) is 18.2 Å². The molecule has 1 aliphatic heterocycles. The Morgan fingerprint density at radius 1 is 1.05 bits per heavy atom. The lowest BCUT2D eigenvalue weighted by atomic mass is 10.2. The van der Waals surface area contributed by atoms with Crippen LogP contribution in [0.25, 0.3) is 0 Å². The third kappa shape index (κ3) is 2.84. The zero-order chi connectivity index (χ0) is 14.1. The molecule has 2 heterocycles. The molecule has 4 heteroatoms. The second-order valence-corrected chi connectivity index (χ2v) is 5.99. The van der Waals surface area contributed by atoms with Gasteiger partial charge in [0.1, 0.15) is 11.6 Å². The molecule has 0 amide bonds. The number of para-hydroxylation sites is 1. The monoisotopic (exact) mass is 280 g/mol. The SMILES string of the molecule is c1ccc(NC2CCN(c3ccnc(C4CC4)n3)C2)cc1. The second kappa shape index (κ2) is 5.35. The first-order chi connectivity index (χ1) is 10.4. The highest BCUT2D eigenvalue weighted by Crippen LogP contribution is 2.38. The molecule has 2 fully saturated rings. The highest BCUT2D eigenvalue weighted by Gasteiger charge is 2.28. The van der Waals surface area contributed by atoms with Crippen LogP contribution in [-0.2, 0) is 0 Å². The van der Waals surface area contributed by atoms with E-state index >= 15 is 0 Å². The van der Waals surface area contributed by atoms with Gasteiger partial charge in [-0.15, -0.1) is 0 Å². The molecule has 1 saturated carbocycles. The molecular formula is C17H20N4. The maximum Gasteiger partial charge on any atom is 0.133 e. The predicted molar refractivity (Wildman–Crippen MR) is 84.7 cm³/mol. The number of aromatic nitrogens is 2. The van der Waals surface area contributed by atoms with Crippen molar-refractivity contribution < 1.29 is 0 Å². The maximum atomic E-state index is 4.75. The third-order valence-corrected chi connectivity index (χ3v) is 4.26. The molecule has 108 valence electrons. The quantitative estimate of drug-likeness (QED) is 0.934. The van der Waals surface area contributed by atoms with Crippen LogP contribution in [0, 0.1) is 0 Å². The van der Waals surface area contributed by atoms with Crippen molar-refractivity contribution in [3.8, 4) is 0 Å². The van der Waals surface area contributed by atoms with E-state index in [1.165, 1.54) is 18.5 Å². The number of rotatable bonds is 4. The molecule has 1 aromatic heterocycles. The molecule has 4 nitrogen and oxygen atoms in total.